The van der Waals surface area contributed by atoms with E-state index in [9.17, 15) is 0 Å². The van der Waals surface area contributed by atoms with Crippen LogP contribution in [0.2, 0.25) is 0 Å². The molecule has 2 N–H and O–H groups in total. The van der Waals surface area contributed by atoms with Crippen LogP contribution in [0.1, 0.15) is 11.5 Å². The van der Waals surface area contributed by atoms with Gasteiger partial charge in [0.15, 0.2) is 0 Å². The summed E-state index contributed by atoms with van der Waals surface area (Å²) in [6, 6.07) is 4.27. The second-order valence-electron chi connectivity index (χ2n) is 3.88. The normalized spacial score (nSPS) is 10.6. The molecule has 0 atom stereocenters. The molecule has 0 aromatic carbocycles. The first-order valence-corrected chi connectivity index (χ1v) is 6.03. The monoisotopic (exact) mass is 263 g/mol. The van der Waals surface area contributed by atoms with E-state index in [0.717, 1.165) is 12.1 Å². The van der Waals surface area contributed by atoms with Crippen LogP contribution in [0.15, 0.2) is 28.9 Å². The number of methoxy groups -OCH3 is 1. The first kappa shape index (κ1) is 13.4. The zero-order chi connectivity index (χ0) is 13.3. The Labute approximate surface area is 111 Å². The van der Waals surface area contributed by atoms with Gasteiger partial charge in [0, 0.05) is 32.6 Å². The molecule has 0 spiro atoms. The fourth-order valence-electron chi connectivity index (χ4n) is 1.44. The van der Waals surface area contributed by atoms with Gasteiger partial charge >= 0.3 is 6.01 Å². The highest BCUT2D eigenvalue weighted by Crippen LogP contribution is 2.07. The van der Waals surface area contributed by atoms with Crippen LogP contribution in [0.4, 0.5) is 6.01 Å². The molecule has 2 heterocycles. The van der Waals surface area contributed by atoms with Gasteiger partial charge in [-0.3, -0.25) is 4.98 Å². The van der Waals surface area contributed by atoms with Crippen LogP contribution >= 0.6 is 0 Å². The number of rotatable bonds is 8. The Morgan fingerprint density at radius 2 is 2.05 bits per heavy atom. The predicted molar refractivity (Wildman–Crippen MR) is 69.4 cm³/mol. The van der Waals surface area contributed by atoms with Crippen LogP contribution in [0.3, 0.4) is 0 Å². The molecule has 0 radical (unpaired) electrons. The first-order valence-electron chi connectivity index (χ1n) is 6.03. The van der Waals surface area contributed by atoms with Gasteiger partial charge in [0.05, 0.1) is 13.2 Å². The second-order valence-corrected chi connectivity index (χ2v) is 3.88. The van der Waals surface area contributed by atoms with Crippen molar-refractivity contribution in [3.05, 3.63) is 36.0 Å². The van der Waals surface area contributed by atoms with E-state index in [0.29, 0.717) is 31.6 Å². The molecular formula is C12H17N5O2. The SMILES string of the molecule is COCCNCc1nnc(NCc2ccncc2)o1. The minimum Gasteiger partial charge on any atom is -0.407 e. The Kier molecular flexibility index (Phi) is 5.27. The van der Waals surface area contributed by atoms with E-state index in [4.69, 9.17) is 9.15 Å². The first-order chi connectivity index (χ1) is 9.38. The van der Waals surface area contributed by atoms with E-state index in [-0.39, 0.29) is 0 Å². The molecule has 7 nitrogen and oxygen atoms in total. The van der Waals surface area contributed by atoms with Crippen LogP contribution < -0.4 is 10.6 Å². The maximum atomic E-state index is 5.43. The maximum absolute atomic E-state index is 5.43. The lowest BCUT2D eigenvalue weighted by Crippen LogP contribution is -2.18. The lowest BCUT2D eigenvalue weighted by Gasteiger charge is -2.01. The van der Waals surface area contributed by atoms with Gasteiger partial charge in [0.2, 0.25) is 5.89 Å². The van der Waals surface area contributed by atoms with Crippen molar-refractivity contribution in [1.29, 1.82) is 0 Å². The van der Waals surface area contributed by atoms with Crippen molar-refractivity contribution < 1.29 is 9.15 Å². The molecule has 2 aromatic heterocycles. The Bertz CT molecular complexity index is 474. The number of nitrogens with one attached hydrogen (secondary N) is 2. The summed E-state index contributed by atoms with van der Waals surface area (Å²) in [6.45, 7) is 2.56. The van der Waals surface area contributed by atoms with Crippen LogP contribution in [0.5, 0.6) is 0 Å². The van der Waals surface area contributed by atoms with Gasteiger partial charge in [0.1, 0.15) is 0 Å². The minimum absolute atomic E-state index is 0.417. The van der Waals surface area contributed by atoms with E-state index >= 15 is 0 Å². The topological polar surface area (TPSA) is 85.1 Å². The molecule has 2 rings (SSSR count). The molecule has 0 bridgehead atoms. The largest absolute Gasteiger partial charge is 0.407 e. The fraction of sp³-hybridized carbons (Fsp3) is 0.417. The summed E-state index contributed by atoms with van der Waals surface area (Å²) in [4.78, 5) is 3.96. The number of nitrogens with zero attached hydrogens (tertiary/aromatic N) is 3. The number of ether oxygens (including phenoxy) is 1. The molecule has 0 saturated heterocycles. The second kappa shape index (κ2) is 7.45. The molecule has 7 heteroatoms. The summed E-state index contributed by atoms with van der Waals surface area (Å²) in [7, 11) is 1.66. The zero-order valence-corrected chi connectivity index (χ0v) is 10.8. The zero-order valence-electron chi connectivity index (χ0n) is 10.8. The lowest BCUT2D eigenvalue weighted by atomic mass is 10.3. The van der Waals surface area contributed by atoms with Crippen molar-refractivity contribution in [3.8, 4) is 0 Å². The highest BCUT2D eigenvalue weighted by Gasteiger charge is 2.04. The molecule has 0 aliphatic rings. The Balaban J connectivity index is 1.74. The molecule has 0 unspecified atom stereocenters. The standard InChI is InChI=1S/C12H17N5O2/c1-18-7-6-14-9-11-16-17-12(19-11)15-8-10-2-4-13-5-3-10/h2-5,14H,6-9H2,1H3,(H,15,17). The Morgan fingerprint density at radius 3 is 2.84 bits per heavy atom. The van der Waals surface area contributed by atoms with Crippen molar-refractivity contribution in [2.24, 2.45) is 0 Å². The molecule has 0 fully saturated rings. The summed E-state index contributed by atoms with van der Waals surface area (Å²) in [5, 5.41) is 14.0. The van der Waals surface area contributed by atoms with E-state index in [1.807, 2.05) is 12.1 Å². The molecule has 2 aromatic rings. The third-order valence-electron chi connectivity index (χ3n) is 2.42. The Hall–Kier alpha value is -1.99. The molecule has 0 aliphatic carbocycles. The molecule has 0 aliphatic heterocycles. The summed E-state index contributed by atoms with van der Waals surface area (Å²) >= 11 is 0. The van der Waals surface area contributed by atoms with E-state index < -0.39 is 0 Å². The molecule has 0 amide bonds. The van der Waals surface area contributed by atoms with Gasteiger partial charge in [-0.15, -0.1) is 5.10 Å². The van der Waals surface area contributed by atoms with Crippen molar-refractivity contribution in [2.75, 3.05) is 25.6 Å². The number of hydrogen-bond donors (Lipinski definition) is 2. The maximum Gasteiger partial charge on any atom is 0.315 e. The van der Waals surface area contributed by atoms with Gasteiger partial charge in [-0.1, -0.05) is 5.10 Å². The van der Waals surface area contributed by atoms with Gasteiger partial charge < -0.3 is 19.8 Å². The van der Waals surface area contributed by atoms with Crippen molar-refractivity contribution in [1.82, 2.24) is 20.5 Å². The summed E-state index contributed by atoms with van der Waals surface area (Å²) in [5.41, 5.74) is 1.10. The highest BCUT2D eigenvalue weighted by molar-refractivity contribution is 5.21. The average molecular weight is 263 g/mol. The van der Waals surface area contributed by atoms with Gasteiger partial charge in [0.25, 0.3) is 0 Å². The number of aromatic nitrogens is 3. The third kappa shape index (κ3) is 4.65. The smallest absolute Gasteiger partial charge is 0.315 e. The summed E-state index contributed by atoms with van der Waals surface area (Å²) < 4.78 is 10.4. The number of hydrogen-bond acceptors (Lipinski definition) is 7. The van der Waals surface area contributed by atoms with Crippen molar-refractivity contribution in [2.45, 2.75) is 13.1 Å². The van der Waals surface area contributed by atoms with Crippen LogP contribution in [0, 0.1) is 0 Å². The average Bonchev–Trinajstić information content (AvgIpc) is 2.91. The van der Waals surface area contributed by atoms with E-state index in [2.05, 4.69) is 25.8 Å². The van der Waals surface area contributed by atoms with Crippen molar-refractivity contribution >= 4 is 6.01 Å². The van der Waals surface area contributed by atoms with Crippen molar-refractivity contribution in [3.63, 3.8) is 0 Å². The Morgan fingerprint density at radius 1 is 1.21 bits per heavy atom. The third-order valence-corrected chi connectivity index (χ3v) is 2.42. The molecule has 102 valence electrons. The molecular weight excluding hydrogens is 246 g/mol. The number of pyridine rings is 1. The fourth-order valence-corrected chi connectivity index (χ4v) is 1.44. The van der Waals surface area contributed by atoms with Crippen LogP contribution in [0.25, 0.3) is 0 Å². The summed E-state index contributed by atoms with van der Waals surface area (Å²) in [5.74, 6) is 0.549. The van der Waals surface area contributed by atoms with Gasteiger partial charge in [-0.05, 0) is 17.7 Å². The van der Waals surface area contributed by atoms with E-state index in [1.54, 1.807) is 19.5 Å². The van der Waals surface area contributed by atoms with Crippen LogP contribution in [-0.2, 0) is 17.8 Å². The van der Waals surface area contributed by atoms with Gasteiger partial charge in [-0.2, -0.15) is 0 Å². The van der Waals surface area contributed by atoms with Gasteiger partial charge in [-0.25, -0.2) is 0 Å². The molecule has 0 saturated carbocycles. The number of anilines is 1. The quantitative estimate of drug-likeness (QED) is 0.682. The minimum atomic E-state index is 0.417. The highest BCUT2D eigenvalue weighted by atomic mass is 16.5. The molecule has 19 heavy (non-hydrogen) atoms. The predicted octanol–water partition coefficient (Wildman–Crippen LogP) is 0.813. The lowest BCUT2D eigenvalue weighted by molar-refractivity contribution is 0.198. The van der Waals surface area contributed by atoms with E-state index in [1.165, 1.54) is 0 Å². The van der Waals surface area contributed by atoms with Crippen LogP contribution in [-0.4, -0.2) is 35.4 Å². The summed E-state index contributed by atoms with van der Waals surface area (Å²) in [6.07, 6.45) is 3.49.